The molecule has 18 heavy (non-hydrogen) atoms. The lowest BCUT2D eigenvalue weighted by Gasteiger charge is -2.15. The number of aliphatic hydroxyl groups excluding tert-OH is 1. The molecule has 0 aromatic heterocycles. The van der Waals surface area contributed by atoms with E-state index in [2.05, 4.69) is 4.72 Å². The van der Waals surface area contributed by atoms with Crippen molar-refractivity contribution >= 4 is 10.0 Å². The maximum atomic E-state index is 12.7. The molecule has 0 bridgehead atoms. The van der Waals surface area contributed by atoms with Crippen molar-refractivity contribution in [3.05, 3.63) is 35.6 Å². The van der Waals surface area contributed by atoms with Gasteiger partial charge in [-0.2, -0.15) is 0 Å². The lowest BCUT2D eigenvalue weighted by Crippen LogP contribution is -2.35. The van der Waals surface area contributed by atoms with Crippen LogP contribution in [-0.2, 0) is 15.8 Å². The fraction of sp³-hybridized carbons (Fsp3) is 0.500. The van der Waals surface area contributed by atoms with Gasteiger partial charge in [0.05, 0.1) is 5.75 Å². The first-order valence-electron chi connectivity index (χ1n) is 5.82. The molecule has 6 heteroatoms. The van der Waals surface area contributed by atoms with Crippen molar-refractivity contribution in [2.24, 2.45) is 0 Å². The second kappa shape index (κ2) is 6.82. The van der Waals surface area contributed by atoms with Crippen LogP contribution in [0, 0.1) is 5.82 Å². The molecular weight excluding hydrogens is 257 g/mol. The quantitative estimate of drug-likeness (QED) is 0.790. The van der Waals surface area contributed by atoms with Crippen molar-refractivity contribution in [2.75, 3.05) is 6.61 Å². The molecule has 1 aromatic carbocycles. The van der Waals surface area contributed by atoms with Crippen molar-refractivity contribution in [3.63, 3.8) is 0 Å². The van der Waals surface area contributed by atoms with Crippen LogP contribution in [0.1, 0.15) is 25.3 Å². The Kier molecular flexibility index (Phi) is 5.71. The van der Waals surface area contributed by atoms with Gasteiger partial charge in [-0.05, 0) is 30.5 Å². The van der Waals surface area contributed by atoms with Crippen LogP contribution in [-0.4, -0.2) is 26.2 Å². The summed E-state index contributed by atoms with van der Waals surface area (Å²) in [4.78, 5) is 0. The lowest BCUT2D eigenvalue weighted by molar-refractivity contribution is 0.270. The summed E-state index contributed by atoms with van der Waals surface area (Å²) in [5, 5.41) is 8.81. The van der Waals surface area contributed by atoms with Gasteiger partial charge in [-0.15, -0.1) is 0 Å². The van der Waals surface area contributed by atoms with Crippen molar-refractivity contribution in [2.45, 2.75) is 31.6 Å². The normalized spacial score (nSPS) is 13.5. The molecule has 2 N–H and O–H groups in total. The first-order valence-corrected chi connectivity index (χ1v) is 7.47. The molecule has 0 heterocycles. The monoisotopic (exact) mass is 275 g/mol. The summed E-state index contributed by atoms with van der Waals surface area (Å²) >= 11 is 0. The Morgan fingerprint density at radius 2 is 1.94 bits per heavy atom. The van der Waals surface area contributed by atoms with Gasteiger partial charge in [0.25, 0.3) is 0 Å². The molecule has 0 aliphatic heterocycles. The number of hydrogen-bond acceptors (Lipinski definition) is 3. The van der Waals surface area contributed by atoms with Gasteiger partial charge >= 0.3 is 0 Å². The van der Waals surface area contributed by atoms with Crippen molar-refractivity contribution in [1.29, 1.82) is 0 Å². The van der Waals surface area contributed by atoms with E-state index in [1.807, 2.05) is 6.92 Å². The van der Waals surface area contributed by atoms with Gasteiger partial charge < -0.3 is 5.11 Å². The summed E-state index contributed by atoms with van der Waals surface area (Å²) in [7, 11) is -3.46. The average Bonchev–Trinajstić information content (AvgIpc) is 2.31. The lowest BCUT2D eigenvalue weighted by atomic mass is 10.2. The minimum Gasteiger partial charge on any atom is -0.396 e. The van der Waals surface area contributed by atoms with Gasteiger partial charge in [-0.1, -0.05) is 19.1 Å². The summed E-state index contributed by atoms with van der Waals surface area (Å²) in [6.45, 7) is 1.79. The van der Waals surface area contributed by atoms with Crippen LogP contribution >= 0.6 is 0 Å². The second-order valence-electron chi connectivity index (χ2n) is 4.12. The summed E-state index contributed by atoms with van der Waals surface area (Å²) in [5.74, 6) is -0.578. The Balaban J connectivity index is 2.66. The van der Waals surface area contributed by atoms with E-state index in [0.717, 1.165) is 0 Å². The van der Waals surface area contributed by atoms with Crippen molar-refractivity contribution < 1.29 is 17.9 Å². The molecule has 0 aliphatic rings. The minimum atomic E-state index is -3.46. The summed E-state index contributed by atoms with van der Waals surface area (Å²) < 4.78 is 38.9. The van der Waals surface area contributed by atoms with Crippen LogP contribution < -0.4 is 4.72 Å². The van der Waals surface area contributed by atoms with E-state index in [1.165, 1.54) is 24.3 Å². The number of sulfonamides is 1. The first kappa shape index (κ1) is 15.1. The highest BCUT2D eigenvalue weighted by Gasteiger charge is 2.16. The first-order chi connectivity index (χ1) is 8.46. The average molecular weight is 275 g/mol. The third kappa shape index (κ3) is 5.12. The molecule has 1 aromatic rings. The van der Waals surface area contributed by atoms with E-state index in [0.29, 0.717) is 18.4 Å². The Morgan fingerprint density at radius 3 is 2.44 bits per heavy atom. The van der Waals surface area contributed by atoms with Crippen LogP contribution in [0.15, 0.2) is 24.3 Å². The van der Waals surface area contributed by atoms with Gasteiger partial charge in [-0.3, -0.25) is 0 Å². The Hall–Kier alpha value is -0.980. The largest absolute Gasteiger partial charge is 0.396 e. The van der Waals surface area contributed by atoms with Gasteiger partial charge in [0.2, 0.25) is 10.0 Å². The van der Waals surface area contributed by atoms with Gasteiger partial charge in [0, 0.05) is 12.6 Å². The number of benzene rings is 1. The fourth-order valence-corrected chi connectivity index (χ4v) is 3.10. The highest BCUT2D eigenvalue weighted by atomic mass is 32.2. The number of aliphatic hydroxyl groups is 1. The van der Waals surface area contributed by atoms with Gasteiger partial charge in [0.1, 0.15) is 5.82 Å². The number of hydrogen-bond donors (Lipinski definition) is 2. The molecule has 0 saturated carbocycles. The smallest absolute Gasteiger partial charge is 0.216 e. The molecule has 0 spiro atoms. The van der Waals surface area contributed by atoms with Crippen LogP contribution in [0.4, 0.5) is 4.39 Å². The standard InChI is InChI=1S/C12H18FNO3S/c1-2-12(7-8-15)14-18(16,17)9-10-3-5-11(13)6-4-10/h3-6,12,14-15H,2,7-9H2,1H3. The van der Waals surface area contributed by atoms with Crippen LogP contribution in [0.2, 0.25) is 0 Å². The maximum absolute atomic E-state index is 12.7. The molecule has 0 radical (unpaired) electrons. The van der Waals surface area contributed by atoms with Crippen LogP contribution in [0.5, 0.6) is 0 Å². The zero-order valence-corrected chi connectivity index (χ0v) is 11.1. The summed E-state index contributed by atoms with van der Waals surface area (Å²) in [6.07, 6.45) is 1.00. The molecule has 0 saturated heterocycles. The van der Waals surface area contributed by atoms with E-state index < -0.39 is 15.8 Å². The highest BCUT2D eigenvalue weighted by Crippen LogP contribution is 2.08. The topological polar surface area (TPSA) is 66.4 Å². The molecule has 102 valence electrons. The van der Waals surface area contributed by atoms with Crippen LogP contribution in [0.25, 0.3) is 0 Å². The van der Waals surface area contributed by atoms with Gasteiger partial charge in [0.15, 0.2) is 0 Å². The molecule has 0 amide bonds. The third-order valence-corrected chi connectivity index (χ3v) is 3.99. The molecule has 4 nitrogen and oxygen atoms in total. The zero-order chi connectivity index (χ0) is 13.6. The molecule has 1 rings (SSSR count). The predicted molar refractivity (Wildman–Crippen MR) is 67.9 cm³/mol. The SMILES string of the molecule is CCC(CCO)NS(=O)(=O)Cc1ccc(F)cc1. The van der Waals surface area contributed by atoms with E-state index >= 15 is 0 Å². The highest BCUT2D eigenvalue weighted by molar-refractivity contribution is 7.88. The maximum Gasteiger partial charge on any atom is 0.216 e. The molecule has 0 fully saturated rings. The molecule has 0 aliphatic carbocycles. The van der Waals surface area contributed by atoms with Crippen molar-refractivity contribution in [1.82, 2.24) is 4.72 Å². The zero-order valence-electron chi connectivity index (χ0n) is 10.3. The summed E-state index contributed by atoms with van der Waals surface area (Å²) in [5.41, 5.74) is 0.530. The van der Waals surface area contributed by atoms with Gasteiger partial charge in [-0.25, -0.2) is 17.5 Å². The van der Waals surface area contributed by atoms with E-state index in [-0.39, 0.29) is 18.4 Å². The minimum absolute atomic E-state index is 0.0580. The third-order valence-electron chi connectivity index (χ3n) is 2.59. The van der Waals surface area contributed by atoms with Crippen LogP contribution in [0.3, 0.4) is 0 Å². The number of halogens is 1. The Bertz CT molecular complexity index is 459. The molecule has 1 unspecified atom stereocenters. The van der Waals surface area contributed by atoms with E-state index in [9.17, 15) is 12.8 Å². The Morgan fingerprint density at radius 1 is 1.33 bits per heavy atom. The predicted octanol–water partition coefficient (Wildman–Crippen LogP) is 1.41. The number of nitrogens with one attached hydrogen (secondary N) is 1. The number of rotatable bonds is 7. The Labute approximate surface area is 107 Å². The summed E-state index contributed by atoms with van der Waals surface area (Å²) in [6, 6.07) is 5.09. The fourth-order valence-electron chi connectivity index (χ4n) is 1.60. The van der Waals surface area contributed by atoms with E-state index in [4.69, 9.17) is 5.11 Å². The second-order valence-corrected chi connectivity index (χ2v) is 5.87. The molecule has 1 atom stereocenters. The molecular formula is C12H18FNO3S. The van der Waals surface area contributed by atoms with E-state index in [1.54, 1.807) is 0 Å². The van der Waals surface area contributed by atoms with Crippen molar-refractivity contribution in [3.8, 4) is 0 Å².